The van der Waals surface area contributed by atoms with Crippen molar-refractivity contribution in [2.75, 3.05) is 66.3 Å². The average molecular weight is 679 g/mol. The first-order valence-corrected chi connectivity index (χ1v) is 16.5. The van der Waals surface area contributed by atoms with E-state index in [-0.39, 0.29) is 25.4 Å². The van der Waals surface area contributed by atoms with Crippen molar-refractivity contribution in [3.05, 3.63) is 90.5 Å². The summed E-state index contributed by atoms with van der Waals surface area (Å²) in [7, 11) is 0. The number of carbonyl (C=O) groups excluding carboxylic acids is 2. The maximum atomic E-state index is 12.6. The van der Waals surface area contributed by atoms with Gasteiger partial charge >= 0.3 is 11.9 Å². The van der Waals surface area contributed by atoms with Gasteiger partial charge in [0.05, 0.1) is 45.2 Å². The number of ether oxygens (including phenoxy) is 9. The van der Waals surface area contributed by atoms with Crippen LogP contribution in [0.1, 0.15) is 43.5 Å². The van der Waals surface area contributed by atoms with Crippen LogP contribution in [-0.4, -0.2) is 78.2 Å². The molecule has 0 unspecified atom stereocenters. The van der Waals surface area contributed by atoms with Gasteiger partial charge < -0.3 is 42.6 Å². The van der Waals surface area contributed by atoms with Crippen LogP contribution in [0.4, 0.5) is 0 Å². The average Bonchev–Trinajstić information content (AvgIpc) is 3.10. The molecule has 49 heavy (non-hydrogen) atoms. The first kappa shape index (κ1) is 37.2. The van der Waals surface area contributed by atoms with E-state index in [0.717, 1.165) is 39.1 Å². The molecular weight excluding hydrogens is 632 g/mol. The van der Waals surface area contributed by atoms with Gasteiger partial charge in [-0.25, -0.2) is 9.59 Å². The summed E-state index contributed by atoms with van der Waals surface area (Å²) >= 11 is 0. The number of unbranched alkanes of at least 4 members (excludes halogenated alkanes) is 1. The van der Waals surface area contributed by atoms with Crippen molar-refractivity contribution in [2.45, 2.75) is 33.1 Å². The Kier molecular flexibility index (Phi) is 15.2. The zero-order valence-corrected chi connectivity index (χ0v) is 28.3. The van der Waals surface area contributed by atoms with Gasteiger partial charge in [-0.05, 0) is 99.0 Å². The highest BCUT2D eigenvalue weighted by molar-refractivity contribution is 5.91. The van der Waals surface area contributed by atoms with Gasteiger partial charge in [-0.1, -0.05) is 13.5 Å². The minimum absolute atomic E-state index is 0.0131. The second-order valence-electron chi connectivity index (χ2n) is 11.6. The third kappa shape index (κ3) is 13.1. The minimum Gasteiger partial charge on any atom is -0.494 e. The van der Waals surface area contributed by atoms with Crippen LogP contribution >= 0.6 is 0 Å². The maximum Gasteiger partial charge on any atom is 0.343 e. The monoisotopic (exact) mass is 678 g/mol. The van der Waals surface area contributed by atoms with Gasteiger partial charge in [0.1, 0.15) is 42.0 Å². The standard InChI is InChI=1S/C38H46O11/c1-4-38(26-43-27-38)25-42-19-5-6-20-44-31-9-7-30(8-10-31)37(40)49-35-17-15-34(16-18-35)48-28-47-33-13-11-32(12-14-33)45-23-21-41-22-24-46-36(39)29(2)3/h7-18H,2,4-6,19-28H2,1,3H3. The van der Waals surface area contributed by atoms with Gasteiger partial charge in [-0.15, -0.1) is 0 Å². The molecule has 0 N–H and O–H groups in total. The molecule has 11 nitrogen and oxygen atoms in total. The molecule has 1 aliphatic rings. The summed E-state index contributed by atoms with van der Waals surface area (Å²) in [5.41, 5.74) is 0.987. The lowest BCUT2D eigenvalue weighted by Gasteiger charge is -2.40. The van der Waals surface area contributed by atoms with E-state index in [1.165, 1.54) is 0 Å². The normalized spacial score (nSPS) is 13.1. The molecule has 0 atom stereocenters. The minimum atomic E-state index is -0.469. The first-order valence-electron chi connectivity index (χ1n) is 16.5. The lowest BCUT2D eigenvalue weighted by atomic mass is 9.84. The molecule has 11 heteroatoms. The molecule has 1 aliphatic heterocycles. The molecule has 1 saturated heterocycles. The molecule has 0 aliphatic carbocycles. The first-order chi connectivity index (χ1) is 23.9. The molecule has 0 aromatic heterocycles. The van der Waals surface area contributed by atoms with Gasteiger partial charge in [0.15, 0.2) is 0 Å². The van der Waals surface area contributed by atoms with Crippen molar-refractivity contribution >= 4 is 11.9 Å². The number of esters is 2. The van der Waals surface area contributed by atoms with E-state index in [0.29, 0.717) is 66.3 Å². The van der Waals surface area contributed by atoms with Crippen molar-refractivity contribution in [1.82, 2.24) is 0 Å². The summed E-state index contributed by atoms with van der Waals surface area (Å²) in [6, 6.07) is 20.7. The Balaban J connectivity index is 1.05. The molecular formula is C38H46O11. The van der Waals surface area contributed by atoms with Crippen molar-refractivity contribution in [3.63, 3.8) is 0 Å². The maximum absolute atomic E-state index is 12.6. The van der Waals surface area contributed by atoms with E-state index in [4.69, 9.17) is 42.6 Å². The summed E-state index contributed by atoms with van der Waals surface area (Å²) in [6.45, 7) is 12.1. The molecule has 0 radical (unpaired) electrons. The highest BCUT2D eigenvalue weighted by Gasteiger charge is 2.36. The highest BCUT2D eigenvalue weighted by atomic mass is 16.7. The summed E-state index contributed by atoms with van der Waals surface area (Å²) in [4.78, 5) is 23.9. The van der Waals surface area contributed by atoms with E-state index in [1.807, 2.05) is 0 Å². The third-order valence-corrected chi connectivity index (χ3v) is 7.63. The van der Waals surface area contributed by atoms with Gasteiger partial charge in [0.25, 0.3) is 0 Å². The van der Waals surface area contributed by atoms with Gasteiger partial charge in [0.2, 0.25) is 6.79 Å². The van der Waals surface area contributed by atoms with Crippen LogP contribution in [0.15, 0.2) is 84.9 Å². The summed E-state index contributed by atoms with van der Waals surface area (Å²) in [5.74, 6) is 2.01. The molecule has 3 aromatic carbocycles. The largest absolute Gasteiger partial charge is 0.494 e. The Bertz CT molecular complexity index is 1430. The van der Waals surface area contributed by atoms with Gasteiger partial charge in [-0.2, -0.15) is 0 Å². The van der Waals surface area contributed by atoms with E-state index in [1.54, 1.807) is 79.7 Å². The highest BCUT2D eigenvalue weighted by Crippen LogP contribution is 2.31. The predicted molar refractivity (Wildman–Crippen MR) is 182 cm³/mol. The lowest BCUT2D eigenvalue weighted by molar-refractivity contribution is -0.150. The number of hydrogen-bond donors (Lipinski definition) is 0. The van der Waals surface area contributed by atoms with E-state index in [9.17, 15) is 9.59 Å². The van der Waals surface area contributed by atoms with Crippen molar-refractivity contribution in [1.29, 1.82) is 0 Å². The molecule has 264 valence electrons. The van der Waals surface area contributed by atoms with Crippen LogP contribution in [0, 0.1) is 5.41 Å². The van der Waals surface area contributed by atoms with Gasteiger partial charge in [0, 0.05) is 17.6 Å². The van der Waals surface area contributed by atoms with Crippen LogP contribution in [-0.2, 0) is 23.7 Å². The topological polar surface area (TPSA) is 117 Å². The van der Waals surface area contributed by atoms with Crippen LogP contribution < -0.4 is 23.7 Å². The Labute approximate surface area is 287 Å². The second-order valence-corrected chi connectivity index (χ2v) is 11.6. The molecule has 0 amide bonds. The number of hydrogen-bond acceptors (Lipinski definition) is 11. The zero-order chi connectivity index (χ0) is 34.7. The van der Waals surface area contributed by atoms with Crippen LogP contribution in [0.2, 0.25) is 0 Å². The van der Waals surface area contributed by atoms with E-state index >= 15 is 0 Å². The zero-order valence-electron chi connectivity index (χ0n) is 28.3. The number of benzene rings is 3. The smallest absolute Gasteiger partial charge is 0.343 e. The number of rotatable bonds is 23. The van der Waals surface area contributed by atoms with Crippen LogP contribution in [0.25, 0.3) is 0 Å². The van der Waals surface area contributed by atoms with Gasteiger partial charge in [-0.3, -0.25) is 0 Å². The molecule has 0 spiro atoms. The Morgan fingerprint density at radius 2 is 1.20 bits per heavy atom. The third-order valence-electron chi connectivity index (χ3n) is 7.63. The molecule has 4 rings (SSSR count). The molecule has 1 heterocycles. The fourth-order valence-electron chi connectivity index (χ4n) is 4.46. The summed E-state index contributed by atoms with van der Waals surface area (Å²) in [6.07, 6.45) is 2.88. The molecule has 3 aromatic rings. The lowest BCUT2D eigenvalue weighted by Crippen LogP contribution is -2.45. The Morgan fingerprint density at radius 1 is 0.673 bits per heavy atom. The van der Waals surface area contributed by atoms with Crippen LogP contribution in [0.3, 0.4) is 0 Å². The molecule has 0 bridgehead atoms. The fourth-order valence-corrected chi connectivity index (χ4v) is 4.46. The fraction of sp³-hybridized carbons (Fsp3) is 0.421. The van der Waals surface area contributed by atoms with Crippen LogP contribution in [0.5, 0.6) is 28.7 Å². The number of carbonyl (C=O) groups is 2. The van der Waals surface area contributed by atoms with Crippen molar-refractivity contribution < 1.29 is 52.2 Å². The Hall–Kier alpha value is -4.58. The quantitative estimate of drug-likeness (QED) is 0.0363. The Morgan fingerprint density at radius 3 is 1.78 bits per heavy atom. The molecule has 0 saturated carbocycles. The summed E-state index contributed by atoms with van der Waals surface area (Å²) in [5, 5.41) is 0. The van der Waals surface area contributed by atoms with Crippen molar-refractivity contribution in [3.8, 4) is 28.7 Å². The SMILES string of the molecule is C=C(C)C(=O)OCCOCCOc1ccc(OCOc2ccc(OC(=O)c3ccc(OCCCCOCC4(CC)COC4)cc3)cc2)cc1. The van der Waals surface area contributed by atoms with E-state index in [2.05, 4.69) is 13.5 Å². The van der Waals surface area contributed by atoms with Crippen molar-refractivity contribution in [2.24, 2.45) is 5.41 Å². The second kappa shape index (κ2) is 20.1. The van der Waals surface area contributed by atoms with E-state index < -0.39 is 11.9 Å². The molecule has 1 fully saturated rings. The predicted octanol–water partition coefficient (Wildman–Crippen LogP) is 6.44. The summed E-state index contributed by atoms with van der Waals surface area (Å²) < 4.78 is 49.7.